The van der Waals surface area contributed by atoms with Gasteiger partial charge in [0.1, 0.15) is 23.9 Å². The van der Waals surface area contributed by atoms with Gasteiger partial charge in [0.15, 0.2) is 0 Å². The standard InChI is InChI=1S/C31H40N2O5/c1-6-10-20-38-26-16-13-24(21-22(26)5)29(34)27-28(23-11-14-25(15-12-23)37-19-7-2)33(31(36)30(27)35)18-17-32(8-3)9-4/h7,11-16,21,28,34H,2,6,8-10,17-20H2,1,3-5H3. The predicted octanol–water partition coefficient (Wildman–Crippen LogP) is 5.50. The van der Waals surface area contributed by atoms with Gasteiger partial charge in [-0.15, -0.1) is 0 Å². The minimum absolute atomic E-state index is 0.0911. The van der Waals surface area contributed by atoms with Crippen LogP contribution in [0.2, 0.25) is 0 Å². The number of carbonyl (C=O) groups excluding carboxylic acids is 2. The average Bonchev–Trinajstić information content (AvgIpc) is 3.18. The minimum atomic E-state index is -0.709. The molecule has 0 aromatic heterocycles. The number of nitrogens with zero attached hydrogens (tertiary/aromatic N) is 2. The van der Waals surface area contributed by atoms with Gasteiger partial charge in [-0.2, -0.15) is 0 Å². The molecule has 1 fully saturated rings. The molecule has 0 aliphatic carbocycles. The lowest BCUT2D eigenvalue weighted by Crippen LogP contribution is -2.38. The summed E-state index contributed by atoms with van der Waals surface area (Å²) in [4.78, 5) is 30.4. The van der Waals surface area contributed by atoms with Crippen molar-refractivity contribution >= 4 is 17.4 Å². The number of benzene rings is 2. The Morgan fingerprint density at radius 3 is 2.39 bits per heavy atom. The highest BCUT2D eigenvalue weighted by Gasteiger charge is 2.46. The Morgan fingerprint density at radius 1 is 1.08 bits per heavy atom. The SMILES string of the molecule is C=CCOc1ccc(C2C(=C(O)c3ccc(OCCCC)c(C)c3)C(=O)C(=O)N2CCN(CC)CC)cc1. The molecule has 1 saturated heterocycles. The number of ketones is 1. The van der Waals surface area contributed by atoms with E-state index in [-0.39, 0.29) is 11.3 Å². The fraction of sp³-hybridized carbons (Fsp3) is 0.419. The molecule has 1 unspecified atom stereocenters. The fourth-order valence-corrected chi connectivity index (χ4v) is 4.59. The molecule has 7 nitrogen and oxygen atoms in total. The molecule has 1 amide bonds. The van der Waals surface area contributed by atoms with Gasteiger partial charge >= 0.3 is 0 Å². The summed E-state index contributed by atoms with van der Waals surface area (Å²) in [5.74, 6) is -0.0786. The smallest absolute Gasteiger partial charge is 0.295 e. The molecule has 1 heterocycles. The maximum absolute atomic E-state index is 13.3. The molecule has 204 valence electrons. The van der Waals surface area contributed by atoms with Gasteiger partial charge < -0.3 is 24.4 Å². The lowest BCUT2D eigenvalue weighted by molar-refractivity contribution is -0.140. The molecule has 7 heteroatoms. The van der Waals surface area contributed by atoms with Gasteiger partial charge in [-0.25, -0.2) is 0 Å². The second-order valence-electron chi connectivity index (χ2n) is 9.37. The number of likely N-dealkylation sites (N-methyl/N-ethyl adjacent to an activating group) is 1. The summed E-state index contributed by atoms with van der Waals surface area (Å²) in [6.45, 7) is 15.5. The van der Waals surface area contributed by atoms with Crippen molar-refractivity contribution in [1.29, 1.82) is 0 Å². The summed E-state index contributed by atoms with van der Waals surface area (Å²) in [6.07, 6.45) is 3.65. The Hall–Kier alpha value is -3.58. The van der Waals surface area contributed by atoms with Crippen molar-refractivity contribution in [3.05, 3.63) is 77.4 Å². The summed E-state index contributed by atoms with van der Waals surface area (Å²) in [7, 11) is 0. The van der Waals surface area contributed by atoms with Crippen LogP contribution in [0.1, 0.15) is 56.3 Å². The van der Waals surface area contributed by atoms with E-state index in [0.717, 1.165) is 42.8 Å². The summed E-state index contributed by atoms with van der Waals surface area (Å²) in [5, 5.41) is 11.4. The van der Waals surface area contributed by atoms with Crippen molar-refractivity contribution in [2.24, 2.45) is 0 Å². The molecule has 0 spiro atoms. The van der Waals surface area contributed by atoms with E-state index in [1.54, 1.807) is 41.3 Å². The Labute approximate surface area is 226 Å². The Kier molecular flexibility index (Phi) is 10.5. The molecule has 0 saturated carbocycles. The first-order valence-corrected chi connectivity index (χ1v) is 13.4. The van der Waals surface area contributed by atoms with Crippen LogP contribution in [-0.4, -0.2) is 66.0 Å². The third-order valence-corrected chi connectivity index (χ3v) is 6.86. The number of hydrogen-bond donors (Lipinski definition) is 1. The van der Waals surface area contributed by atoms with Crippen LogP contribution in [0.15, 0.2) is 60.7 Å². The number of amides is 1. The molecule has 2 aromatic carbocycles. The van der Waals surface area contributed by atoms with Crippen LogP contribution in [0.4, 0.5) is 0 Å². The number of ether oxygens (including phenoxy) is 2. The lowest BCUT2D eigenvalue weighted by atomic mass is 9.94. The van der Waals surface area contributed by atoms with Crippen molar-refractivity contribution in [1.82, 2.24) is 9.80 Å². The summed E-state index contributed by atoms with van der Waals surface area (Å²) in [6, 6.07) is 11.9. The first-order valence-electron chi connectivity index (χ1n) is 13.4. The first-order chi connectivity index (χ1) is 18.4. The van der Waals surface area contributed by atoms with Crippen LogP contribution in [0.5, 0.6) is 11.5 Å². The van der Waals surface area contributed by atoms with Crippen LogP contribution < -0.4 is 9.47 Å². The largest absolute Gasteiger partial charge is 0.507 e. The highest BCUT2D eigenvalue weighted by Crippen LogP contribution is 2.40. The van der Waals surface area contributed by atoms with E-state index in [0.29, 0.717) is 37.6 Å². The van der Waals surface area contributed by atoms with Crippen molar-refractivity contribution in [3.8, 4) is 11.5 Å². The molecular weight excluding hydrogens is 480 g/mol. The molecule has 1 N–H and O–H groups in total. The minimum Gasteiger partial charge on any atom is -0.507 e. The van der Waals surface area contributed by atoms with Crippen LogP contribution >= 0.6 is 0 Å². The van der Waals surface area contributed by atoms with Crippen molar-refractivity contribution in [3.63, 3.8) is 0 Å². The van der Waals surface area contributed by atoms with E-state index in [9.17, 15) is 14.7 Å². The van der Waals surface area contributed by atoms with E-state index in [2.05, 4.69) is 32.3 Å². The van der Waals surface area contributed by atoms with Crippen molar-refractivity contribution < 1.29 is 24.2 Å². The van der Waals surface area contributed by atoms with Gasteiger partial charge in [0.05, 0.1) is 18.2 Å². The second kappa shape index (κ2) is 13.8. The molecule has 0 radical (unpaired) electrons. The molecule has 1 aliphatic heterocycles. The highest BCUT2D eigenvalue weighted by molar-refractivity contribution is 6.46. The molecule has 1 aliphatic rings. The average molecular weight is 521 g/mol. The Morgan fingerprint density at radius 2 is 1.79 bits per heavy atom. The van der Waals surface area contributed by atoms with Gasteiger partial charge in [-0.1, -0.05) is 52.0 Å². The normalized spacial score (nSPS) is 16.8. The zero-order chi connectivity index (χ0) is 27.7. The fourth-order valence-electron chi connectivity index (χ4n) is 4.59. The zero-order valence-electron chi connectivity index (χ0n) is 23.0. The number of Topliss-reactive ketones (excluding diaryl/α,β-unsaturated/α-hetero) is 1. The van der Waals surface area contributed by atoms with Crippen LogP contribution in [-0.2, 0) is 9.59 Å². The first kappa shape index (κ1) is 29.0. The maximum atomic E-state index is 13.3. The van der Waals surface area contributed by atoms with Gasteiger partial charge in [0.2, 0.25) is 0 Å². The molecule has 2 aromatic rings. The van der Waals surface area contributed by atoms with Crippen molar-refractivity contribution in [2.45, 2.75) is 46.6 Å². The predicted molar refractivity (Wildman–Crippen MR) is 151 cm³/mol. The van der Waals surface area contributed by atoms with Crippen LogP contribution in [0.25, 0.3) is 5.76 Å². The van der Waals surface area contributed by atoms with E-state index >= 15 is 0 Å². The second-order valence-corrected chi connectivity index (χ2v) is 9.37. The van der Waals surface area contributed by atoms with Gasteiger partial charge in [-0.3, -0.25) is 9.59 Å². The highest BCUT2D eigenvalue weighted by atomic mass is 16.5. The number of aliphatic hydroxyl groups is 1. The summed E-state index contributed by atoms with van der Waals surface area (Å²) >= 11 is 0. The zero-order valence-corrected chi connectivity index (χ0v) is 23.0. The number of aliphatic hydroxyl groups excluding tert-OH is 1. The molecule has 1 atom stereocenters. The third-order valence-electron chi connectivity index (χ3n) is 6.86. The lowest BCUT2D eigenvalue weighted by Gasteiger charge is -2.28. The van der Waals surface area contributed by atoms with E-state index < -0.39 is 17.7 Å². The monoisotopic (exact) mass is 520 g/mol. The van der Waals surface area contributed by atoms with E-state index in [4.69, 9.17) is 9.47 Å². The number of rotatable bonds is 14. The molecule has 38 heavy (non-hydrogen) atoms. The summed E-state index contributed by atoms with van der Waals surface area (Å²) < 4.78 is 11.5. The number of likely N-dealkylation sites (tertiary alicyclic amines) is 1. The molecule has 3 rings (SSSR count). The number of carbonyl (C=O) groups is 2. The third kappa shape index (κ3) is 6.64. The van der Waals surface area contributed by atoms with Crippen LogP contribution in [0.3, 0.4) is 0 Å². The quantitative estimate of drug-likeness (QED) is 0.116. The van der Waals surface area contributed by atoms with E-state index in [1.807, 2.05) is 19.1 Å². The number of aryl methyl sites for hydroxylation is 1. The van der Waals surface area contributed by atoms with Gasteiger partial charge in [-0.05, 0) is 67.9 Å². The Bertz CT molecular complexity index is 1150. The summed E-state index contributed by atoms with van der Waals surface area (Å²) in [5.41, 5.74) is 2.14. The molecular formula is C31H40N2O5. The number of hydrogen-bond acceptors (Lipinski definition) is 6. The van der Waals surface area contributed by atoms with Gasteiger partial charge in [0, 0.05) is 18.7 Å². The van der Waals surface area contributed by atoms with Crippen LogP contribution in [0, 0.1) is 6.92 Å². The molecule has 0 bridgehead atoms. The van der Waals surface area contributed by atoms with Crippen molar-refractivity contribution in [2.75, 3.05) is 39.4 Å². The topological polar surface area (TPSA) is 79.3 Å². The number of unbranched alkanes of at least 4 members (excludes halogenated alkanes) is 1. The van der Waals surface area contributed by atoms with E-state index in [1.165, 1.54) is 0 Å². The Balaban J connectivity index is 2.03. The van der Waals surface area contributed by atoms with Gasteiger partial charge in [0.25, 0.3) is 11.7 Å². The maximum Gasteiger partial charge on any atom is 0.295 e.